The first-order valence-corrected chi connectivity index (χ1v) is 12.5. The van der Waals surface area contributed by atoms with Gasteiger partial charge in [-0.1, -0.05) is 53.5 Å². The van der Waals surface area contributed by atoms with E-state index in [0.29, 0.717) is 27.9 Å². The van der Waals surface area contributed by atoms with Crippen LogP contribution in [0.5, 0.6) is 5.75 Å². The van der Waals surface area contributed by atoms with E-state index in [1.807, 2.05) is 19.9 Å². The molecule has 37 heavy (non-hydrogen) atoms. The van der Waals surface area contributed by atoms with E-state index in [1.165, 1.54) is 47.3 Å². The predicted octanol–water partition coefficient (Wildman–Crippen LogP) is 6.83. The average molecular weight is 588 g/mol. The molecule has 0 radical (unpaired) electrons. The number of rotatable bonds is 8. The molecule has 0 fully saturated rings. The largest absolute Gasteiger partial charge is 0.481 e. The lowest BCUT2D eigenvalue weighted by atomic mass is 10.1. The van der Waals surface area contributed by atoms with Gasteiger partial charge in [-0.25, -0.2) is 9.37 Å². The Morgan fingerprint density at radius 1 is 1.24 bits per heavy atom. The predicted molar refractivity (Wildman–Crippen MR) is 144 cm³/mol. The standard InChI is InChI=1S/C26H21BrClFN4O4/c1-3-15(2)25-31-22-9-6-18(27)12-20(22)26(34)32(25)30-13-17-10-21(28)24(23(11-17)33(35)36)37-14-16-4-7-19(29)8-5-16/h4-13,15H,3,14H2,1-2H3/t15-/m0/s1. The lowest BCUT2D eigenvalue weighted by molar-refractivity contribution is -0.385. The van der Waals surface area contributed by atoms with Gasteiger partial charge in [0.2, 0.25) is 5.75 Å². The third kappa shape index (κ3) is 5.86. The average Bonchev–Trinajstić information content (AvgIpc) is 2.87. The van der Waals surface area contributed by atoms with Gasteiger partial charge in [0.25, 0.3) is 5.56 Å². The Hall–Kier alpha value is -3.63. The van der Waals surface area contributed by atoms with E-state index in [2.05, 4.69) is 26.0 Å². The van der Waals surface area contributed by atoms with Crippen LogP contribution in [0.15, 0.2) is 69.0 Å². The van der Waals surface area contributed by atoms with E-state index in [9.17, 15) is 19.3 Å². The molecule has 0 unspecified atom stereocenters. The molecule has 4 aromatic rings. The fourth-order valence-corrected chi connectivity index (χ4v) is 4.23. The van der Waals surface area contributed by atoms with Gasteiger partial charge >= 0.3 is 5.69 Å². The van der Waals surface area contributed by atoms with Gasteiger partial charge in [-0.3, -0.25) is 14.9 Å². The van der Waals surface area contributed by atoms with Crippen molar-refractivity contribution in [1.29, 1.82) is 0 Å². The minimum atomic E-state index is -0.616. The van der Waals surface area contributed by atoms with Crippen molar-refractivity contribution in [3.63, 3.8) is 0 Å². The Bertz CT molecular complexity index is 1570. The van der Waals surface area contributed by atoms with Crippen molar-refractivity contribution in [3.8, 4) is 5.75 Å². The van der Waals surface area contributed by atoms with Crippen molar-refractivity contribution >= 4 is 50.3 Å². The molecule has 0 aliphatic rings. The summed E-state index contributed by atoms with van der Waals surface area (Å²) in [6.45, 7) is 3.87. The van der Waals surface area contributed by atoms with Gasteiger partial charge < -0.3 is 4.74 Å². The smallest absolute Gasteiger partial charge is 0.313 e. The summed E-state index contributed by atoms with van der Waals surface area (Å²) in [6.07, 6.45) is 2.04. The summed E-state index contributed by atoms with van der Waals surface area (Å²) in [4.78, 5) is 29.1. The Morgan fingerprint density at radius 2 is 1.97 bits per heavy atom. The minimum absolute atomic E-state index is 0.00664. The van der Waals surface area contributed by atoms with Crippen LogP contribution in [0, 0.1) is 15.9 Å². The van der Waals surface area contributed by atoms with Crippen molar-refractivity contribution in [2.75, 3.05) is 0 Å². The maximum Gasteiger partial charge on any atom is 0.313 e. The number of nitro groups is 1. The molecule has 190 valence electrons. The zero-order valence-corrected chi connectivity index (χ0v) is 22.2. The highest BCUT2D eigenvalue weighted by Gasteiger charge is 2.21. The summed E-state index contributed by atoms with van der Waals surface area (Å²) < 4.78 is 20.7. The SMILES string of the molecule is CC[C@H](C)c1nc2ccc(Br)cc2c(=O)n1N=Cc1cc(Cl)c(OCc2ccc(F)cc2)c([N+](=O)[O-])c1. The van der Waals surface area contributed by atoms with Gasteiger partial charge in [-0.15, -0.1) is 0 Å². The fourth-order valence-electron chi connectivity index (χ4n) is 3.59. The van der Waals surface area contributed by atoms with Crippen LogP contribution >= 0.6 is 27.5 Å². The minimum Gasteiger partial charge on any atom is -0.481 e. The molecular weight excluding hydrogens is 567 g/mol. The Balaban J connectivity index is 1.73. The van der Waals surface area contributed by atoms with Gasteiger partial charge in [0.05, 0.1) is 27.1 Å². The molecule has 1 heterocycles. The highest BCUT2D eigenvalue weighted by Crippen LogP contribution is 2.36. The zero-order valence-electron chi connectivity index (χ0n) is 19.8. The molecular formula is C26H21BrClFN4O4. The molecule has 11 heteroatoms. The fraction of sp³-hybridized carbons (Fsp3) is 0.192. The number of hydrogen-bond acceptors (Lipinski definition) is 6. The number of ether oxygens (including phenoxy) is 1. The van der Waals surface area contributed by atoms with Gasteiger partial charge in [-0.05, 0) is 48.4 Å². The molecule has 3 aromatic carbocycles. The van der Waals surface area contributed by atoms with Crippen LogP contribution in [0.1, 0.15) is 43.1 Å². The normalized spacial score (nSPS) is 12.2. The van der Waals surface area contributed by atoms with Crippen LogP contribution in [0.25, 0.3) is 10.9 Å². The van der Waals surface area contributed by atoms with E-state index in [4.69, 9.17) is 16.3 Å². The molecule has 0 N–H and O–H groups in total. The molecule has 0 aliphatic heterocycles. The zero-order chi connectivity index (χ0) is 26.7. The number of hydrogen-bond donors (Lipinski definition) is 0. The van der Waals surface area contributed by atoms with Crippen molar-refractivity contribution in [2.24, 2.45) is 5.10 Å². The van der Waals surface area contributed by atoms with E-state index in [0.717, 1.165) is 10.9 Å². The number of benzene rings is 3. The highest BCUT2D eigenvalue weighted by molar-refractivity contribution is 9.10. The molecule has 0 saturated heterocycles. The second-order valence-electron chi connectivity index (χ2n) is 8.33. The van der Waals surface area contributed by atoms with Crippen LogP contribution in [0.4, 0.5) is 10.1 Å². The number of halogens is 3. The molecule has 0 amide bonds. The number of nitrogens with zero attached hydrogens (tertiary/aromatic N) is 4. The molecule has 8 nitrogen and oxygen atoms in total. The molecule has 0 bridgehead atoms. The Morgan fingerprint density at radius 3 is 2.65 bits per heavy atom. The summed E-state index contributed by atoms with van der Waals surface area (Å²) in [7, 11) is 0. The van der Waals surface area contributed by atoms with Crippen LogP contribution in [-0.4, -0.2) is 20.8 Å². The molecule has 4 rings (SSSR count). The summed E-state index contributed by atoms with van der Waals surface area (Å²) in [5.41, 5.74) is 0.729. The quantitative estimate of drug-likeness (QED) is 0.128. The van der Waals surface area contributed by atoms with Crippen molar-refractivity contribution in [2.45, 2.75) is 32.8 Å². The maximum absolute atomic E-state index is 13.3. The number of aromatic nitrogens is 2. The van der Waals surface area contributed by atoms with Gasteiger partial charge in [0.15, 0.2) is 0 Å². The van der Waals surface area contributed by atoms with Gasteiger partial charge in [-0.2, -0.15) is 9.78 Å². The lowest BCUT2D eigenvalue weighted by Crippen LogP contribution is -2.23. The molecule has 0 aliphatic carbocycles. The van der Waals surface area contributed by atoms with Crippen LogP contribution < -0.4 is 10.3 Å². The Labute approximate surface area is 224 Å². The first-order chi connectivity index (χ1) is 17.7. The summed E-state index contributed by atoms with van der Waals surface area (Å²) in [5.74, 6) is -0.124. The first kappa shape index (κ1) is 26.4. The van der Waals surface area contributed by atoms with Crippen molar-refractivity contribution in [3.05, 3.63) is 107 Å². The van der Waals surface area contributed by atoms with Crippen LogP contribution in [0.3, 0.4) is 0 Å². The van der Waals surface area contributed by atoms with E-state index < -0.39 is 10.7 Å². The highest BCUT2D eigenvalue weighted by atomic mass is 79.9. The van der Waals surface area contributed by atoms with Crippen molar-refractivity contribution in [1.82, 2.24) is 9.66 Å². The third-order valence-corrected chi connectivity index (χ3v) is 6.52. The monoisotopic (exact) mass is 586 g/mol. The number of nitro benzene ring substituents is 1. The van der Waals surface area contributed by atoms with E-state index in [1.54, 1.807) is 12.1 Å². The van der Waals surface area contributed by atoms with Crippen LogP contribution in [0.2, 0.25) is 5.02 Å². The number of fused-ring (bicyclic) bond motifs is 1. The Kier molecular flexibility index (Phi) is 7.99. The van der Waals surface area contributed by atoms with Crippen LogP contribution in [-0.2, 0) is 6.61 Å². The second kappa shape index (κ2) is 11.2. The second-order valence-corrected chi connectivity index (χ2v) is 9.65. The lowest BCUT2D eigenvalue weighted by Gasteiger charge is -2.14. The molecule has 1 aromatic heterocycles. The van der Waals surface area contributed by atoms with E-state index in [-0.39, 0.29) is 34.5 Å². The third-order valence-electron chi connectivity index (χ3n) is 5.75. The van der Waals surface area contributed by atoms with Gasteiger partial charge in [0, 0.05) is 22.0 Å². The molecule has 1 atom stereocenters. The summed E-state index contributed by atoms with van der Waals surface area (Å²) >= 11 is 9.72. The van der Waals surface area contributed by atoms with E-state index >= 15 is 0 Å². The first-order valence-electron chi connectivity index (χ1n) is 11.3. The summed E-state index contributed by atoms with van der Waals surface area (Å²) in [6, 6.07) is 13.5. The molecule has 0 saturated carbocycles. The van der Waals surface area contributed by atoms with Crippen molar-refractivity contribution < 1.29 is 14.1 Å². The molecule has 0 spiro atoms. The maximum atomic E-state index is 13.3. The topological polar surface area (TPSA) is 99.6 Å². The van der Waals surface area contributed by atoms with Gasteiger partial charge in [0.1, 0.15) is 18.2 Å². The summed E-state index contributed by atoms with van der Waals surface area (Å²) in [5, 5.41) is 16.5.